The number of carbonyl (C=O) groups is 2. The Hall–Kier alpha value is -2.83. The third-order valence-corrected chi connectivity index (χ3v) is 4.38. The van der Waals surface area contributed by atoms with Crippen molar-refractivity contribution >= 4 is 23.2 Å². The summed E-state index contributed by atoms with van der Waals surface area (Å²) in [5.74, 6) is -0.677. The van der Waals surface area contributed by atoms with E-state index in [0.717, 1.165) is 28.2 Å². The van der Waals surface area contributed by atoms with Gasteiger partial charge < -0.3 is 10.2 Å². The van der Waals surface area contributed by atoms with Crippen molar-refractivity contribution in [1.29, 1.82) is 0 Å². The van der Waals surface area contributed by atoms with Crippen LogP contribution in [0.2, 0.25) is 0 Å². The first kappa shape index (κ1) is 21.5. The first-order valence-electron chi connectivity index (χ1n) is 8.85. The van der Waals surface area contributed by atoms with Gasteiger partial charge in [-0.15, -0.1) is 0 Å². The van der Waals surface area contributed by atoms with Gasteiger partial charge in [0.05, 0.1) is 5.56 Å². The van der Waals surface area contributed by atoms with Crippen LogP contribution in [0.5, 0.6) is 0 Å². The molecular formula is C21H23F3N2O2. The molecule has 28 heavy (non-hydrogen) atoms. The number of benzene rings is 2. The van der Waals surface area contributed by atoms with E-state index in [1.54, 1.807) is 0 Å². The van der Waals surface area contributed by atoms with Gasteiger partial charge in [0.2, 0.25) is 11.8 Å². The normalized spacial score (nSPS) is 11.4. The SMILES string of the molecule is CC(=O)N(CC(=O)Nc1c(C)cccc1C(C)C)c1ccc(C(F)(F)F)cc1. The highest BCUT2D eigenvalue weighted by atomic mass is 19.4. The van der Waals surface area contributed by atoms with Crippen molar-refractivity contribution in [3.63, 3.8) is 0 Å². The minimum Gasteiger partial charge on any atom is -0.324 e. The summed E-state index contributed by atoms with van der Waals surface area (Å²) in [6, 6.07) is 9.86. The molecule has 150 valence electrons. The fourth-order valence-electron chi connectivity index (χ4n) is 2.88. The van der Waals surface area contributed by atoms with Crippen LogP contribution >= 0.6 is 0 Å². The highest BCUT2D eigenvalue weighted by Crippen LogP contribution is 2.31. The Kier molecular flexibility index (Phi) is 6.48. The van der Waals surface area contributed by atoms with E-state index in [9.17, 15) is 22.8 Å². The maximum absolute atomic E-state index is 12.7. The van der Waals surface area contributed by atoms with E-state index in [-0.39, 0.29) is 18.2 Å². The van der Waals surface area contributed by atoms with Crippen molar-refractivity contribution in [3.8, 4) is 0 Å². The lowest BCUT2D eigenvalue weighted by molar-refractivity contribution is -0.137. The third-order valence-electron chi connectivity index (χ3n) is 4.38. The second-order valence-electron chi connectivity index (χ2n) is 6.89. The van der Waals surface area contributed by atoms with Gasteiger partial charge in [-0.1, -0.05) is 32.0 Å². The summed E-state index contributed by atoms with van der Waals surface area (Å²) in [5.41, 5.74) is 1.97. The smallest absolute Gasteiger partial charge is 0.324 e. The van der Waals surface area contributed by atoms with Gasteiger partial charge >= 0.3 is 6.18 Å². The molecule has 0 spiro atoms. The lowest BCUT2D eigenvalue weighted by Gasteiger charge is -2.22. The molecule has 0 heterocycles. The van der Waals surface area contributed by atoms with Crippen molar-refractivity contribution in [1.82, 2.24) is 0 Å². The number of alkyl halides is 3. The minimum atomic E-state index is -4.46. The van der Waals surface area contributed by atoms with E-state index in [0.29, 0.717) is 5.69 Å². The first-order chi connectivity index (χ1) is 13.0. The second-order valence-corrected chi connectivity index (χ2v) is 6.89. The molecule has 0 aliphatic carbocycles. The van der Waals surface area contributed by atoms with E-state index < -0.39 is 23.6 Å². The quantitative estimate of drug-likeness (QED) is 0.767. The van der Waals surface area contributed by atoms with Crippen LogP contribution in [0, 0.1) is 6.92 Å². The van der Waals surface area contributed by atoms with Gasteiger partial charge in [-0.05, 0) is 48.2 Å². The molecule has 0 unspecified atom stereocenters. The van der Waals surface area contributed by atoms with Gasteiger partial charge in [0.15, 0.2) is 0 Å². The molecule has 0 saturated carbocycles. The molecule has 0 saturated heterocycles. The van der Waals surface area contributed by atoms with Crippen LogP contribution in [0.4, 0.5) is 24.5 Å². The number of rotatable bonds is 5. The van der Waals surface area contributed by atoms with E-state index in [4.69, 9.17) is 0 Å². The summed E-state index contributed by atoms with van der Waals surface area (Å²) in [5, 5.41) is 2.84. The fraction of sp³-hybridized carbons (Fsp3) is 0.333. The van der Waals surface area contributed by atoms with E-state index in [1.165, 1.54) is 19.1 Å². The summed E-state index contributed by atoms with van der Waals surface area (Å²) in [6.45, 7) is 6.86. The second kappa shape index (κ2) is 8.46. The molecule has 4 nitrogen and oxygen atoms in total. The number of anilines is 2. The molecular weight excluding hydrogens is 369 g/mol. The number of nitrogens with one attached hydrogen (secondary N) is 1. The van der Waals surface area contributed by atoms with Crippen LogP contribution < -0.4 is 10.2 Å². The van der Waals surface area contributed by atoms with E-state index in [1.807, 2.05) is 39.0 Å². The first-order valence-corrected chi connectivity index (χ1v) is 8.85. The monoisotopic (exact) mass is 392 g/mol. The van der Waals surface area contributed by atoms with Crippen molar-refractivity contribution < 1.29 is 22.8 Å². The van der Waals surface area contributed by atoms with Gasteiger partial charge in [0, 0.05) is 18.3 Å². The molecule has 0 aliphatic heterocycles. The summed E-state index contributed by atoms with van der Waals surface area (Å²) < 4.78 is 38.2. The molecule has 0 aromatic heterocycles. The Morgan fingerprint density at radius 2 is 1.68 bits per heavy atom. The molecule has 2 amide bonds. The zero-order valence-electron chi connectivity index (χ0n) is 16.2. The lowest BCUT2D eigenvalue weighted by Crippen LogP contribution is -2.37. The van der Waals surface area contributed by atoms with Crippen molar-refractivity contribution in [2.45, 2.75) is 39.8 Å². The van der Waals surface area contributed by atoms with Gasteiger partial charge in [-0.2, -0.15) is 13.2 Å². The average Bonchev–Trinajstić information content (AvgIpc) is 2.60. The summed E-state index contributed by atoms with van der Waals surface area (Å²) in [4.78, 5) is 25.7. The number of carbonyl (C=O) groups excluding carboxylic acids is 2. The standard InChI is InChI=1S/C21H23F3N2O2/c1-13(2)18-7-5-6-14(3)20(18)25-19(28)12-26(15(4)27)17-10-8-16(9-11-17)21(22,23)24/h5-11,13H,12H2,1-4H3,(H,25,28). The predicted octanol–water partition coefficient (Wildman–Crippen LogP) is 5.13. The number of amides is 2. The molecule has 0 aliphatic rings. The Morgan fingerprint density at radius 3 is 2.18 bits per heavy atom. The van der Waals surface area contributed by atoms with Gasteiger partial charge in [0.1, 0.15) is 6.54 Å². The number of hydrogen-bond donors (Lipinski definition) is 1. The summed E-state index contributed by atoms with van der Waals surface area (Å²) in [6.07, 6.45) is -4.46. The molecule has 0 atom stereocenters. The predicted molar refractivity (Wildman–Crippen MR) is 103 cm³/mol. The van der Waals surface area contributed by atoms with Crippen molar-refractivity contribution in [2.24, 2.45) is 0 Å². The Balaban J connectivity index is 2.22. The zero-order valence-corrected chi connectivity index (χ0v) is 16.2. The molecule has 0 fully saturated rings. The van der Waals surface area contributed by atoms with Crippen LogP contribution in [-0.2, 0) is 15.8 Å². The number of aryl methyl sites for hydroxylation is 1. The minimum absolute atomic E-state index is 0.189. The highest BCUT2D eigenvalue weighted by Gasteiger charge is 2.30. The molecule has 7 heteroatoms. The summed E-state index contributed by atoms with van der Waals surface area (Å²) >= 11 is 0. The molecule has 2 aromatic rings. The molecule has 0 bridgehead atoms. The third kappa shape index (κ3) is 5.12. The largest absolute Gasteiger partial charge is 0.416 e. The van der Waals surface area contributed by atoms with Crippen molar-refractivity contribution in [3.05, 3.63) is 59.2 Å². The highest BCUT2D eigenvalue weighted by molar-refractivity contribution is 6.02. The Morgan fingerprint density at radius 1 is 1.07 bits per heavy atom. The number of nitrogens with zero attached hydrogens (tertiary/aromatic N) is 1. The zero-order chi connectivity index (χ0) is 21.1. The number of halogens is 3. The van der Waals surface area contributed by atoms with Gasteiger partial charge in [0.25, 0.3) is 0 Å². The van der Waals surface area contributed by atoms with Crippen LogP contribution in [0.25, 0.3) is 0 Å². The molecule has 2 rings (SSSR count). The topological polar surface area (TPSA) is 49.4 Å². The summed E-state index contributed by atoms with van der Waals surface area (Å²) in [7, 11) is 0. The van der Waals surface area contributed by atoms with Crippen molar-refractivity contribution in [2.75, 3.05) is 16.8 Å². The molecule has 1 N–H and O–H groups in total. The van der Waals surface area contributed by atoms with E-state index >= 15 is 0 Å². The average molecular weight is 392 g/mol. The van der Waals surface area contributed by atoms with Crippen LogP contribution in [0.3, 0.4) is 0 Å². The van der Waals surface area contributed by atoms with Gasteiger partial charge in [-0.25, -0.2) is 0 Å². The Bertz CT molecular complexity index is 859. The maximum Gasteiger partial charge on any atom is 0.416 e. The van der Waals surface area contributed by atoms with E-state index in [2.05, 4.69) is 5.32 Å². The molecule has 2 aromatic carbocycles. The Labute approximate surface area is 162 Å². The van der Waals surface area contributed by atoms with Crippen LogP contribution in [0.15, 0.2) is 42.5 Å². The number of hydrogen-bond acceptors (Lipinski definition) is 2. The van der Waals surface area contributed by atoms with Gasteiger partial charge in [-0.3, -0.25) is 9.59 Å². The van der Waals surface area contributed by atoms with Crippen LogP contribution in [0.1, 0.15) is 43.4 Å². The lowest BCUT2D eigenvalue weighted by atomic mass is 9.98. The number of para-hydroxylation sites is 1. The molecule has 0 radical (unpaired) electrons. The van der Waals surface area contributed by atoms with Crippen LogP contribution in [-0.4, -0.2) is 18.4 Å². The fourth-order valence-corrected chi connectivity index (χ4v) is 2.88. The maximum atomic E-state index is 12.7.